The standard InChI is InChI=1S/C21H25N5/c1-14-23-19(15-6-9-22-10-7-15)12-21(24-14)26-11-8-17-16-4-2-3-5-18(16)25-20(17)13-26/h2-5,12,15,22,25H,6-11,13H2,1H3. The maximum absolute atomic E-state index is 4.76. The number of hydrogen-bond donors (Lipinski definition) is 2. The van der Waals surface area contributed by atoms with E-state index in [9.17, 15) is 0 Å². The topological polar surface area (TPSA) is 56.8 Å². The Morgan fingerprint density at radius 3 is 2.85 bits per heavy atom. The molecule has 5 nitrogen and oxygen atoms in total. The minimum absolute atomic E-state index is 0.560. The predicted molar refractivity (Wildman–Crippen MR) is 105 cm³/mol. The Labute approximate surface area is 153 Å². The molecule has 0 spiro atoms. The lowest BCUT2D eigenvalue weighted by atomic mass is 9.94. The highest BCUT2D eigenvalue weighted by atomic mass is 15.2. The molecule has 1 saturated heterocycles. The number of fused-ring (bicyclic) bond motifs is 3. The molecule has 26 heavy (non-hydrogen) atoms. The number of nitrogens with zero attached hydrogens (tertiary/aromatic N) is 3. The SMILES string of the molecule is Cc1nc(C2CCNCC2)cc(N2CCc3c([nH]c4ccccc34)C2)n1. The third-order valence-electron chi connectivity index (χ3n) is 5.81. The molecule has 2 N–H and O–H groups in total. The highest BCUT2D eigenvalue weighted by Crippen LogP contribution is 2.31. The molecule has 1 fully saturated rings. The second kappa shape index (κ2) is 6.40. The largest absolute Gasteiger partial charge is 0.357 e. The first kappa shape index (κ1) is 15.8. The Morgan fingerprint density at radius 2 is 1.96 bits per heavy atom. The zero-order valence-electron chi connectivity index (χ0n) is 15.3. The van der Waals surface area contributed by atoms with Gasteiger partial charge in [0, 0.05) is 40.8 Å². The molecule has 0 radical (unpaired) electrons. The summed E-state index contributed by atoms with van der Waals surface area (Å²) in [5, 5.41) is 4.81. The van der Waals surface area contributed by atoms with Crippen molar-refractivity contribution < 1.29 is 0 Å². The maximum Gasteiger partial charge on any atom is 0.132 e. The highest BCUT2D eigenvalue weighted by Gasteiger charge is 2.23. The Bertz CT molecular complexity index is 939. The monoisotopic (exact) mass is 347 g/mol. The molecular formula is C21H25N5. The number of aromatic nitrogens is 3. The summed E-state index contributed by atoms with van der Waals surface area (Å²) in [4.78, 5) is 15.5. The molecule has 0 saturated carbocycles. The van der Waals surface area contributed by atoms with Crippen LogP contribution in [-0.2, 0) is 13.0 Å². The number of benzene rings is 1. The van der Waals surface area contributed by atoms with Gasteiger partial charge in [-0.2, -0.15) is 0 Å². The third-order valence-corrected chi connectivity index (χ3v) is 5.81. The summed E-state index contributed by atoms with van der Waals surface area (Å²) in [5.74, 6) is 2.53. The van der Waals surface area contributed by atoms with Crippen molar-refractivity contribution in [2.75, 3.05) is 24.5 Å². The smallest absolute Gasteiger partial charge is 0.132 e. The van der Waals surface area contributed by atoms with Gasteiger partial charge in [0.1, 0.15) is 11.6 Å². The van der Waals surface area contributed by atoms with Gasteiger partial charge in [-0.05, 0) is 50.9 Å². The molecule has 0 bridgehead atoms. The summed E-state index contributed by atoms with van der Waals surface area (Å²) in [7, 11) is 0. The molecule has 2 aliphatic heterocycles. The van der Waals surface area contributed by atoms with Crippen LogP contribution < -0.4 is 10.2 Å². The third kappa shape index (κ3) is 2.76. The van der Waals surface area contributed by atoms with Gasteiger partial charge in [-0.1, -0.05) is 18.2 Å². The molecule has 3 aromatic rings. The van der Waals surface area contributed by atoms with Crippen LogP contribution in [0.5, 0.6) is 0 Å². The van der Waals surface area contributed by atoms with Gasteiger partial charge in [0.05, 0.1) is 6.54 Å². The summed E-state index contributed by atoms with van der Waals surface area (Å²) < 4.78 is 0. The molecule has 0 aliphatic carbocycles. The van der Waals surface area contributed by atoms with Gasteiger partial charge in [-0.3, -0.25) is 0 Å². The molecule has 0 unspecified atom stereocenters. The lowest BCUT2D eigenvalue weighted by Crippen LogP contribution is -2.32. The first-order valence-corrected chi connectivity index (χ1v) is 9.67. The van der Waals surface area contributed by atoms with E-state index in [0.717, 1.165) is 44.2 Å². The van der Waals surface area contributed by atoms with E-state index in [2.05, 4.69) is 45.5 Å². The van der Waals surface area contributed by atoms with Crippen LogP contribution in [0.15, 0.2) is 30.3 Å². The molecule has 4 heterocycles. The zero-order chi connectivity index (χ0) is 17.5. The molecule has 134 valence electrons. The van der Waals surface area contributed by atoms with E-state index in [4.69, 9.17) is 9.97 Å². The van der Waals surface area contributed by atoms with E-state index < -0.39 is 0 Å². The summed E-state index contributed by atoms with van der Waals surface area (Å²) in [6.45, 7) is 6.10. The van der Waals surface area contributed by atoms with Crippen LogP contribution in [-0.4, -0.2) is 34.6 Å². The van der Waals surface area contributed by atoms with Crippen LogP contribution in [0.4, 0.5) is 5.82 Å². The second-order valence-corrected chi connectivity index (χ2v) is 7.52. The number of rotatable bonds is 2. The van der Waals surface area contributed by atoms with Crippen molar-refractivity contribution in [2.45, 2.75) is 38.6 Å². The number of hydrogen-bond acceptors (Lipinski definition) is 4. The minimum atomic E-state index is 0.560. The van der Waals surface area contributed by atoms with Crippen molar-refractivity contribution >= 4 is 16.7 Å². The minimum Gasteiger partial charge on any atom is -0.357 e. The molecule has 5 rings (SSSR count). The normalized spacial score (nSPS) is 18.3. The number of H-pyrrole nitrogens is 1. The number of anilines is 1. The van der Waals surface area contributed by atoms with Gasteiger partial charge in [-0.25, -0.2) is 9.97 Å². The van der Waals surface area contributed by atoms with Crippen LogP contribution >= 0.6 is 0 Å². The summed E-state index contributed by atoms with van der Waals surface area (Å²) >= 11 is 0. The first-order chi connectivity index (χ1) is 12.8. The lowest BCUT2D eigenvalue weighted by Gasteiger charge is -2.29. The summed E-state index contributed by atoms with van der Waals surface area (Å²) in [5.41, 5.74) is 5.27. The fraction of sp³-hybridized carbons (Fsp3) is 0.429. The van der Waals surface area contributed by atoms with Gasteiger partial charge in [0.25, 0.3) is 0 Å². The predicted octanol–water partition coefficient (Wildman–Crippen LogP) is 3.30. The van der Waals surface area contributed by atoms with Crippen LogP contribution in [0.25, 0.3) is 10.9 Å². The molecule has 1 aromatic carbocycles. The number of piperidine rings is 1. The van der Waals surface area contributed by atoms with E-state index in [1.54, 1.807) is 0 Å². The van der Waals surface area contributed by atoms with E-state index in [-0.39, 0.29) is 0 Å². The lowest BCUT2D eigenvalue weighted by molar-refractivity contribution is 0.452. The van der Waals surface area contributed by atoms with Crippen molar-refractivity contribution in [3.63, 3.8) is 0 Å². The number of para-hydroxylation sites is 1. The summed E-state index contributed by atoms with van der Waals surface area (Å²) in [6.07, 6.45) is 3.40. The van der Waals surface area contributed by atoms with E-state index >= 15 is 0 Å². The maximum atomic E-state index is 4.76. The summed E-state index contributed by atoms with van der Waals surface area (Å²) in [6, 6.07) is 10.9. The Balaban J connectivity index is 1.46. The van der Waals surface area contributed by atoms with Crippen LogP contribution in [0.2, 0.25) is 0 Å². The van der Waals surface area contributed by atoms with Crippen molar-refractivity contribution in [3.05, 3.63) is 53.1 Å². The highest BCUT2D eigenvalue weighted by molar-refractivity contribution is 5.85. The van der Waals surface area contributed by atoms with E-state index in [1.807, 2.05) is 6.92 Å². The van der Waals surface area contributed by atoms with Gasteiger partial charge in [0.2, 0.25) is 0 Å². The van der Waals surface area contributed by atoms with Crippen LogP contribution in [0, 0.1) is 6.92 Å². The molecule has 5 heteroatoms. The number of aromatic amines is 1. The molecular weight excluding hydrogens is 322 g/mol. The molecule has 2 aliphatic rings. The second-order valence-electron chi connectivity index (χ2n) is 7.52. The number of nitrogens with one attached hydrogen (secondary N) is 2. The van der Waals surface area contributed by atoms with Gasteiger partial charge in [-0.15, -0.1) is 0 Å². The van der Waals surface area contributed by atoms with E-state index in [0.29, 0.717) is 5.92 Å². The molecule has 2 aromatic heterocycles. The zero-order valence-corrected chi connectivity index (χ0v) is 15.3. The Hall–Kier alpha value is -2.40. The fourth-order valence-electron chi connectivity index (χ4n) is 4.45. The Morgan fingerprint density at radius 1 is 1.12 bits per heavy atom. The van der Waals surface area contributed by atoms with Gasteiger partial charge >= 0.3 is 0 Å². The van der Waals surface area contributed by atoms with Crippen LogP contribution in [0.3, 0.4) is 0 Å². The van der Waals surface area contributed by atoms with Crippen molar-refractivity contribution in [3.8, 4) is 0 Å². The van der Waals surface area contributed by atoms with Gasteiger partial charge in [0.15, 0.2) is 0 Å². The van der Waals surface area contributed by atoms with Gasteiger partial charge < -0.3 is 15.2 Å². The Kier molecular flexibility index (Phi) is 3.89. The molecule has 0 amide bonds. The van der Waals surface area contributed by atoms with Crippen molar-refractivity contribution in [1.29, 1.82) is 0 Å². The van der Waals surface area contributed by atoms with Crippen molar-refractivity contribution in [2.24, 2.45) is 0 Å². The first-order valence-electron chi connectivity index (χ1n) is 9.67. The average molecular weight is 347 g/mol. The van der Waals surface area contributed by atoms with E-state index in [1.165, 1.54) is 40.7 Å². The quantitative estimate of drug-likeness (QED) is 0.747. The van der Waals surface area contributed by atoms with Crippen molar-refractivity contribution in [1.82, 2.24) is 20.3 Å². The average Bonchev–Trinajstić information content (AvgIpc) is 3.06. The number of aryl methyl sites for hydroxylation is 1. The van der Waals surface area contributed by atoms with Crippen LogP contribution in [0.1, 0.15) is 41.5 Å². The molecule has 0 atom stereocenters. The fourth-order valence-corrected chi connectivity index (χ4v) is 4.45.